The number of amides is 1. The zero-order valence-electron chi connectivity index (χ0n) is 14.7. The van der Waals surface area contributed by atoms with Crippen LogP contribution in [0.5, 0.6) is 11.5 Å². The Kier molecular flexibility index (Phi) is 7.37. The second-order valence-electron chi connectivity index (χ2n) is 5.87. The van der Waals surface area contributed by atoms with E-state index in [0.29, 0.717) is 37.2 Å². The molecule has 2 rings (SSSR count). The molecule has 1 aliphatic rings. The third-order valence-electron chi connectivity index (χ3n) is 4.19. The van der Waals surface area contributed by atoms with Gasteiger partial charge in [-0.25, -0.2) is 0 Å². The Labute approximate surface area is 152 Å². The molecular weight excluding hydrogens is 372 g/mol. The Balaban J connectivity index is 2.16. The number of hydrogen-bond acceptors (Lipinski definition) is 4. The van der Waals surface area contributed by atoms with Gasteiger partial charge in [0.2, 0.25) is 5.91 Å². The molecule has 0 aromatic heterocycles. The minimum absolute atomic E-state index is 0.167. The minimum Gasteiger partial charge on any atom is -0.490 e. The van der Waals surface area contributed by atoms with Gasteiger partial charge in [0, 0.05) is 23.6 Å². The number of rotatable bonds is 8. The molecule has 1 N–H and O–H groups in total. The number of likely N-dealkylation sites (N-methyl/N-ethyl adjacent to an activating group) is 1. The van der Waals surface area contributed by atoms with Gasteiger partial charge in [0.25, 0.3) is 0 Å². The zero-order chi connectivity index (χ0) is 17.5. The summed E-state index contributed by atoms with van der Waals surface area (Å²) in [6.45, 7) is 6.71. The minimum atomic E-state index is 0.167. The lowest BCUT2D eigenvalue weighted by Gasteiger charge is -2.25. The molecule has 24 heavy (non-hydrogen) atoms. The van der Waals surface area contributed by atoms with Crippen molar-refractivity contribution in [2.45, 2.75) is 39.2 Å². The van der Waals surface area contributed by atoms with E-state index >= 15 is 0 Å². The summed E-state index contributed by atoms with van der Waals surface area (Å²) in [5.41, 5.74) is 0.932. The van der Waals surface area contributed by atoms with E-state index in [-0.39, 0.29) is 5.91 Å². The Hall–Kier alpha value is -1.27. The van der Waals surface area contributed by atoms with Crippen molar-refractivity contribution in [3.8, 4) is 11.5 Å². The van der Waals surface area contributed by atoms with Crippen LogP contribution in [0.3, 0.4) is 0 Å². The molecule has 1 fully saturated rings. The first-order valence-corrected chi connectivity index (χ1v) is 9.42. The number of halogens is 1. The molecule has 0 radical (unpaired) electrons. The lowest BCUT2D eigenvalue weighted by molar-refractivity contribution is -0.131. The van der Waals surface area contributed by atoms with Gasteiger partial charge in [-0.05, 0) is 51.4 Å². The van der Waals surface area contributed by atoms with E-state index < -0.39 is 0 Å². The van der Waals surface area contributed by atoms with Crippen LogP contribution in [0.2, 0.25) is 0 Å². The van der Waals surface area contributed by atoms with Gasteiger partial charge in [0.15, 0.2) is 11.5 Å². The van der Waals surface area contributed by atoms with E-state index in [2.05, 4.69) is 21.2 Å². The smallest absolute Gasteiger partial charge is 0.227 e. The van der Waals surface area contributed by atoms with Gasteiger partial charge < -0.3 is 19.7 Å². The molecule has 1 heterocycles. The summed E-state index contributed by atoms with van der Waals surface area (Å²) < 4.78 is 12.2. The predicted molar refractivity (Wildman–Crippen MR) is 98.8 cm³/mol. The first-order chi connectivity index (χ1) is 11.6. The predicted octanol–water partition coefficient (Wildman–Crippen LogP) is 3.00. The standard InChI is InChI=1S/C18H27BrN2O3/c1-4-23-16-9-13(15(19)11-17(16)24-5-2)10-18(22)21-8-6-7-14(21)12-20-3/h9,11,14,20H,4-8,10,12H2,1-3H3. The number of nitrogens with zero attached hydrogens (tertiary/aromatic N) is 1. The van der Waals surface area contributed by atoms with Crippen LogP contribution in [0.15, 0.2) is 16.6 Å². The molecule has 1 unspecified atom stereocenters. The van der Waals surface area contributed by atoms with E-state index in [9.17, 15) is 4.79 Å². The molecule has 0 spiro atoms. The van der Waals surface area contributed by atoms with E-state index in [0.717, 1.165) is 36.0 Å². The molecule has 6 heteroatoms. The van der Waals surface area contributed by atoms with Gasteiger partial charge in [-0.1, -0.05) is 15.9 Å². The van der Waals surface area contributed by atoms with Gasteiger partial charge in [0.1, 0.15) is 0 Å². The molecule has 0 bridgehead atoms. The molecule has 0 saturated carbocycles. The highest BCUT2D eigenvalue weighted by Crippen LogP contribution is 2.34. The number of hydrogen-bond donors (Lipinski definition) is 1. The molecular formula is C18H27BrN2O3. The average Bonchev–Trinajstić information content (AvgIpc) is 3.01. The fourth-order valence-corrected chi connectivity index (χ4v) is 3.59. The van der Waals surface area contributed by atoms with E-state index in [1.165, 1.54) is 0 Å². The van der Waals surface area contributed by atoms with Crippen LogP contribution in [-0.2, 0) is 11.2 Å². The molecule has 1 amide bonds. The zero-order valence-corrected chi connectivity index (χ0v) is 16.3. The second kappa shape index (κ2) is 9.28. The topological polar surface area (TPSA) is 50.8 Å². The number of ether oxygens (including phenoxy) is 2. The highest BCUT2D eigenvalue weighted by atomic mass is 79.9. The van der Waals surface area contributed by atoms with Gasteiger partial charge in [0.05, 0.1) is 19.6 Å². The third kappa shape index (κ3) is 4.63. The van der Waals surface area contributed by atoms with Crippen molar-refractivity contribution in [1.82, 2.24) is 10.2 Å². The van der Waals surface area contributed by atoms with Gasteiger partial charge in [-0.2, -0.15) is 0 Å². The van der Waals surface area contributed by atoms with E-state index in [1.54, 1.807) is 0 Å². The largest absolute Gasteiger partial charge is 0.490 e. The number of nitrogens with one attached hydrogen (secondary N) is 1. The van der Waals surface area contributed by atoms with Crippen LogP contribution in [0.1, 0.15) is 32.3 Å². The quantitative estimate of drug-likeness (QED) is 0.730. The molecule has 134 valence electrons. The molecule has 1 aromatic carbocycles. The van der Waals surface area contributed by atoms with Crippen LogP contribution < -0.4 is 14.8 Å². The van der Waals surface area contributed by atoms with Crippen molar-refractivity contribution >= 4 is 21.8 Å². The normalized spacial score (nSPS) is 17.2. The van der Waals surface area contributed by atoms with Crippen LogP contribution in [-0.4, -0.2) is 50.2 Å². The van der Waals surface area contributed by atoms with Crippen LogP contribution in [0, 0.1) is 0 Å². The SMILES string of the molecule is CCOc1cc(Br)c(CC(=O)N2CCCC2CNC)cc1OCC. The van der Waals surface area contributed by atoms with Crippen LogP contribution in [0.4, 0.5) is 0 Å². The second-order valence-corrected chi connectivity index (χ2v) is 6.73. The lowest BCUT2D eigenvalue weighted by Crippen LogP contribution is -2.41. The number of benzene rings is 1. The van der Waals surface area contributed by atoms with Crippen molar-refractivity contribution in [3.63, 3.8) is 0 Å². The molecule has 1 aromatic rings. The maximum absolute atomic E-state index is 12.7. The van der Waals surface area contributed by atoms with Crippen molar-refractivity contribution in [2.75, 3.05) is 33.4 Å². The Morgan fingerprint density at radius 2 is 1.96 bits per heavy atom. The van der Waals surface area contributed by atoms with Crippen LogP contribution >= 0.6 is 15.9 Å². The first kappa shape index (κ1) is 19.1. The summed E-state index contributed by atoms with van der Waals surface area (Å²) in [5.74, 6) is 1.57. The Morgan fingerprint density at radius 3 is 2.58 bits per heavy atom. The number of carbonyl (C=O) groups excluding carboxylic acids is 1. The maximum Gasteiger partial charge on any atom is 0.227 e. The summed E-state index contributed by atoms with van der Waals surface area (Å²) in [6, 6.07) is 4.11. The van der Waals surface area contributed by atoms with Crippen molar-refractivity contribution in [1.29, 1.82) is 0 Å². The third-order valence-corrected chi connectivity index (χ3v) is 4.93. The van der Waals surface area contributed by atoms with Gasteiger partial charge >= 0.3 is 0 Å². The highest BCUT2D eigenvalue weighted by molar-refractivity contribution is 9.10. The van der Waals surface area contributed by atoms with Gasteiger partial charge in [-0.15, -0.1) is 0 Å². The van der Waals surface area contributed by atoms with Gasteiger partial charge in [-0.3, -0.25) is 4.79 Å². The molecule has 1 aliphatic heterocycles. The molecule has 0 aliphatic carbocycles. The average molecular weight is 399 g/mol. The fourth-order valence-electron chi connectivity index (χ4n) is 3.13. The lowest BCUT2D eigenvalue weighted by atomic mass is 10.1. The maximum atomic E-state index is 12.7. The summed E-state index contributed by atoms with van der Waals surface area (Å²) in [5, 5.41) is 3.18. The molecule has 5 nitrogen and oxygen atoms in total. The first-order valence-electron chi connectivity index (χ1n) is 8.62. The van der Waals surface area contributed by atoms with Crippen molar-refractivity contribution in [2.24, 2.45) is 0 Å². The summed E-state index contributed by atoms with van der Waals surface area (Å²) in [7, 11) is 1.93. The number of carbonyl (C=O) groups is 1. The van der Waals surface area contributed by atoms with Crippen molar-refractivity contribution in [3.05, 3.63) is 22.2 Å². The molecule has 1 saturated heterocycles. The molecule has 1 atom stereocenters. The monoisotopic (exact) mass is 398 g/mol. The Bertz CT molecular complexity index is 565. The summed E-state index contributed by atoms with van der Waals surface area (Å²) in [6.07, 6.45) is 2.52. The summed E-state index contributed by atoms with van der Waals surface area (Å²) in [4.78, 5) is 14.7. The van der Waals surface area contributed by atoms with E-state index in [4.69, 9.17) is 9.47 Å². The van der Waals surface area contributed by atoms with E-state index in [1.807, 2.05) is 37.9 Å². The number of likely N-dealkylation sites (tertiary alicyclic amines) is 1. The van der Waals surface area contributed by atoms with Crippen molar-refractivity contribution < 1.29 is 14.3 Å². The highest BCUT2D eigenvalue weighted by Gasteiger charge is 2.28. The summed E-state index contributed by atoms with van der Waals surface area (Å²) >= 11 is 3.57. The fraction of sp³-hybridized carbons (Fsp3) is 0.611. The Morgan fingerprint density at radius 1 is 1.29 bits per heavy atom. The van der Waals surface area contributed by atoms with Crippen LogP contribution in [0.25, 0.3) is 0 Å².